The first-order valence-corrected chi connectivity index (χ1v) is 7.20. The first kappa shape index (κ1) is 15.2. The van der Waals surface area contributed by atoms with E-state index in [1.54, 1.807) is 25.1 Å². The highest BCUT2D eigenvalue weighted by atomic mass is 16.5. The molecule has 1 amide bonds. The normalized spacial score (nSPS) is 13.6. The smallest absolute Gasteiger partial charge is 0.338 e. The molecule has 0 radical (unpaired) electrons. The molecule has 1 fully saturated rings. The Morgan fingerprint density at radius 1 is 1.33 bits per heavy atom. The van der Waals surface area contributed by atoms with E-state index in [-0.39, 0.29) is 17.8 Å². The number of nitrogens with one attached hydrogen (secondary N) is 2. The van der Waals surface area contributed by atoms with Gasteiger partial charge in [0.05, 0.1) is 23.5 Å². The average molecular weight is 291 g/mol. The molecule has 1 aromatic carbocycles. The summed E-state index contributed by atoms with van der Waals surface area (Å²) < 4.78 is 4.91. The lowest BCUT2D eigenvalue weighted by molar-refractivity contribution is -0.122. The second-order valence-electron chi connectivity index (χ2n) is 5.01. The number of rotatable bonds is 7. The third-order valence-electron chi connectivity index (χ3n) is 3.25. The van der Waals surface area contributed by atoms with Gasteiger partial charge in [-0.1, -0.05) is 0 Å². The number of carbonyl (C=O) groups excluding carboxylic acids is 2. The fourth-order valence-electron chi connectivity index (χ4n) is 1.94. The number of carbonyl (C=O) groups is 2. The zero-order valence-electron chi connectivity index (χ0n) is 12.1. The number of nitrogen functional groups attached to an aromatic ring is 1. The van der Waals surface area contributed by atoms with Crippen molar-refractivity contribution >= 4 is 23.3 Å². The van der Waals surface area contributed by atoms with Crippen LogP contribution in [0, 0.1) is 5.92 Å². The Bertz CT molecular complexity index is 527. The lowest BCUT2D eigenvalue weighted by atomic mass is 10.1. The van der Waals surface area contributed by atoms with E-state index in [0.29, 0.717) is 30.9 Å². The Balaban J connectivity index is 1.80. The summed E-state index contributed by atoms with van der Waals surface area (Å²) in [6.45, 7) is 3.22. The second-order valence-corrected chi connectivity index (χ2v) is 5.01. The first-order chi connectivity index (χ1) is 10.1. The minimum Gasteiger partial charge on any atom is -0.462 e. The molecule has 6 heteroatoms. The number of hydrogen-bond acceptors (Lipinski definition) is 5. The summed E-state index contributed by atoms with van der Waals surface area (Å²) in [5.74, 6) is -0.0335. The molecule has 0 spiro atoms. The monoisotopic (exact) mass is 291 g/mol. The Kier molecular flexibility index (Phi) is 5.03. The van der Waals surface area contributed by atoms with Crippen LogP contribution in [0.15, 0.2) is 18.2 Å². The van der Waals surface area contributed by atoms with Gasteiger partial charge in [-0.15, -0.1) is 0 Å². The van der Waals surface area contributed by atoms with Crippen molar-refractivity contribution in [3.8, 4) is 0 Å². The van der Waals surface area contributed by atoms with Crippen molar-refractivity contribution in [2.75, 3.05) is 30.7 Å². The summed E-state index contributed by atoms with van der Waals surface area (Å²) in [5.41, 5.74) is 7.55. The summed E-state index contributed by atoms with van der Waals surface area (Å²) in [6.07, 6.45) is 2.00. The zero-order chi connectivity index (χ0) is 15.2. The molecule has 1 aliphatic carbocycles. The van der Waals surface area contributed by atoms with Gasteiger partial charge < -0.3 is 21.1 Å². The van der Waals surface area contributed by atoms with Crippen LogP contribution in [-0.2, 0) is 9.53 Å². The number of ether oxygens (including phenoxy) is 1. The van der Waals surface area contributed by atoms with Crippen molar-refractivity contribution in [3.05, 3.63) is 23.8 Å². The van der Waals surface area contributed by atoms with E-state index in [1.165, 1.54) is 0 Å². The number of nitrogens with two attached hydrogens (primary N) is 1. The lowest BCUT2D eigenvalue weighted by Gasteiger charge is -2.11. The van der Waals surface area contributed by atoms with Crippen LogP contribution in [0.2, 0.25) is 0 Å². The largest absolute Gasteiger partial charge is 0.462 e. The van der Waals surface area contributed by atoms with Crippen LogP contribution < -0.4 is 16.4 Å². The highest BCUT2D eigenvalue weighted by molar-refractivity contribution is 5.92. The van der Waals surface area contributed by atoms with E-state index in [0.717, 1.165) is 18.5 Å². The van der Waals surface area contributed by atoms with Gasteiger partial charge in [0.2, 0.25) is 5.91 Å². The van der Waals surface area contributed by atoms with Crippen molar-refractivity contribution in [2.24, 2.45) is 5.92 Å². The summed E-state index contributed by atoms with van der Waals surface area (Å²) in [5, 5.41) is 6.00. The van der Waals surface area contributed by atoms with Gasteiger partial charge in [0.1, 0.15) is 0 Å². The SMILES string of the molecule is CCOC(=O)c1ccc(NCCNC(=O)C2CC2)c(N)c1. The van der Waals surface area contributed by atoms with Gasteiger partial charge in [0, 0.05) is 19.0 Å². The van der Waals surface area contributed by atoms with Gasteiger partial charge in [-0.3, -0.25) is 4.79 Å². The number of hydrogen-bond donors (Lipinski definition) is 3. The second kappa shape index (κ2) is 6.97. The molecule has 6 nitrogen and oxygen atoms in total. The van der Waals surface area contributed by atoms with E-state index in [4.69, 9.17) is 10.5 Å². The van der Waals surface area contributed by atoms with Crippen LogP contribution in [0.3, 0.4) is 0 Å². The third kappa shape index (κ3) is 4.37. The molecule has 0 bridgehead atoms. The van der Waals surface area contributed by atoms with Crippen LogP contribution in [0.25, 0.3) is 0 Å². The predicted molar refractivity (Wildman–Crippen MR) is 81.0 cm³/mol. The van der Waals surface area contributed by atoms with Crippen molar-refractivity contribution in [1.82, 2.24) is 5.32 Å². The molecular formula is C15H21N3O3. The molecule has 1 aromatic rings. The molecule has 0 heterocycles. The molecule has 1 saturated carbocycles. The van der Waals surface area contributed by atoms with Crippen LogP contribution in [-0.4, -0.2) is 31.6 Å². The van der Waals surface area contributed by atoms with Crippen molar-refractivity contribution in [2.45, 2.75) is 19.8 Å². The fourth-order valence-corrected chi connectivity index (χ4v) is 1.94. The number of amides is 1. The summed E-state index contributed by atoms with van der Waals surface area (Å²) in [7, 11) is 0. The van der Waals surface area contributed by atoms with Gasteiger partial charge in [-0.05, 0) is 38.0 Å². The molecule has 0 aromatic heterocycles. The van der Waals surface area contributed by atoms with E-state index in [1.807, 2.05) is 0 Å². The van der Waals surface area contributed by atoms with Gasteiger partial charge in [-0.25, -0.2) is 4.79 Å². The van der Waals surface area contributed by atoms with E-state index in [2.05, 4.69) is 10.6 Å². The van der Waals surface area contributed by atoms with E-state index >= 15 is 0 Å². The Morgan fingerprint density at radius 2 is 2.10 bits per heavy atom. The molecule has 114 valence electrons. The van der Waals surface area contributed by atoms with Crippen LogP contribution in [0.1, 0.15) is 30.1 Å². The highest BCUT2D eigenvalue weighted by Gasteiger charge is 2.28. The van der Waals surface area contributed by atoms with Crippen molar-refractivity contribution in [1.29, 1.82) is 0 Å². The Labute approximate surface area is 124 Å². The van der Waals surface area contributed by atoms with Gasteiger partial charge in [0.25, 0.3) is 0 Å². The molecule has 21 heavy (non-hydrogen) atoms. The Morgan fingerprint density at radius 3 is 2.71 bits per heavy atom. The maximum absolute atomic E-state index is 11.6. The minimum atomic E-state index is -0.382. The molecule has 0 unspecified atom stereocenters. The first-order valence-electron chi connectivity index (χ1n) is 7.20. The van der Waals surface area contributed by atoms with E-state index < -0.39 is 0 Å². The molecule has 0 saturated heterocycles. The van der Waals surface area contributed by atoms with Crippen LogP contribution in [0.5, 0.6) is 0 Å². The summed E-state index contributed by atoms with van der Waals surface area (Å²) in [4.78, 5) is 23.0. The van der Waals surface area contributed by atoms with E-state index in [9.17, 15) is 9.59 Å². The summed E-state index contributed by atoms with van der Waals surface area (Å²) >= 11 is 0. The number of anilines is 2. The minimum absolute atomic E-state index is 0.127. The molecule has 2 rings (SSSR count). The number of esters is 1. The summed E-state index contributed by atoms with van der Waals surface area (Å²) in [6, 6.07) is 4.99. The molecule has 4 N–H and O–H groups in total. The average Bonchev–Trinajstić information content (AvgIpc) is 3.29. The van der Waals surface area contributed by atoms with Gasteiger partial charge in [-0.2, -0.15) is 0 Å². The van der Waals surface area contributed by atoms with Crippen molar-refractivity contribution in [3.63, 3.8) is 0 Å². The molecule has 0 aliphatic heterocycles. The van der Waals surface area contributed by atoms with Crippen molar-refractivity contribution < 1.29 is 14.3 Å². The standard InChI is InChI=1S/C15H21N3O3/c1-2-21-15(20)11-5-6-13(12(16)9-11)17-7-8-18-14(19)10-3-4-10/h5-6,9-10,17H,2-4,7-8,16H2,1H3,(H,18,19). The third-order valence-corrected chi connectivity index (χ3v) is 3.25. The van der Waals surface area contributed by atoms with Crippen LogP contribution >= 0.6 is 0 Å². The topological polar surface area (TPSA) is 93.5 Å². The molecule has 1 aliphatic rings. The lowest BCUT2D eigenvalue weighted by Crippen LogP contribution is -2.29. The Hall–Kier alpha value is -2.24. The van der Waals surface area contributed by atoms with Crippen LogP contribution in [0.4, 0.5) is 11.4 Å². The maximum atomic E-state index is 11.6. The fraction of sp³-hybridized carbons (Fsp3) is 0.467. The molecule has 0 atom stereocenters. The highest BCUT2D eigenvalue weighted by Crippen LogP contribution is 2.28. The van der Waals surface area contributed by atoms with Gasteiger partial charge in [0.15, 0.2) is 0 Å². The van der Waals surface area contributed by atoms with Gasteiger partial charge >= 0.3 is 5.97 Å². The zero-order valence-corrected chi connectivity index (χ0v) is 12.1. The molecular weight excluding hydrogens is 270 g/mol. The predicted octanol–water partition coefficient (Wildman–Crippen LogP) is 1.38. The number of benzene rings is 1. The maximum Gasteiger partial charge on any atom is 0.338 e. The quantitative estimate of drug-likeness (QED) is 0.401.